The van der Waals surface area contributed by atoms with Gasteiger partial charge in [-0.05, 0) is 24.3 Å². The van der Waals surface area contributed by atoms with Crippen LogP contribution in [0.5, 0.6) is 0 Å². The molecule has 2 aromatic carbocycles. The molecule has 0 saturated carbocycles. The summed E-state index contributed by atoms with van der Waals surface area (Å²) in [6.45, 7) is 0. The molecule has 3 aromatic rings. The van der Waals surface area contributed by atoms with Crippen LogP contribution >= 0.6 is 0 Å². The van der Waals surface area contributed by atoms with Crippen molar-refractivity contribution < 1.29 is 14.3 Å². The number of carboxylic acid groups (broad SMARTS) is 1. The fourth-order valence-electron chi connectivity index (χ4n) is 2.27. The van der Waals surface area contributed by atoms with Crippen molar-refractivity contribution in [2.75, 3.05) is 0 Å². The SMILES string of the molecule is Cn1c(-c2ccccc2C(=O)O)nc2ccc(F)cc21. The van der Waals surface area contributed by atoms with Crippen LogP contribution in [0.4, 0.5) is 4.39 Å². The maximum absolute atomic E-state index is 13.3. The van der Waals surface area contributed by atoms with Gasteiger partial charge in [-0.3, -0.25) is 0 Å². The molecule has 0 saturated heterocycles. The number of halogens is 1. The first kappa shape index (κ1) is 12.3. The van der Waals surface area contributed by atoms with Crippen LogP contribution in [0.1, 0.15) is 10.4 Å². The Morgan fingerprint density at radius 3 is 2.75 bits per heavy atom. The zero-order chi connectivity index (χ0) is 14.3. The molecule has 3 rings (SSSR count). The molecule has 0 radical (unpaired) electrons. The monoisotopic (exact) mass is 270 g/mol. The van der Waals surface area contributed by atoms with Gasteiger partial charge in [0.15, 0.2) is 0 Å². The van der Waals surface area contributed by atoms with Gasteiger partial charge in [0, 0.05) is 12.6 Å². The Bertz CT molecular complexity index is 824. The van der Waals surface area contributed by atoms with E-state index in [1.54, 1.807) is 35.9 Å². The molecule has 0 amide bonds. The number of benzene rings is 2. The average molecular weight is 270 g/mol. The highest BCUT2D eigenvalue weighted by Gasteiger charge is 2.16. The van der Waals surface area contributed by atoms with Crippen molar-refractivity contribution in [3.05, 3.63) is 53.8 Å². The summed E-state index contributed by atoms with van der Waals surface area (Å²) >= 11 is 0. The molecule has 0 spiro atoms. The quantitative estimate of drug-likeness (QED) is 0.778. The first-order chi connectivity index (χ1) is 9.58. The summed E-state index contributed by atoms with van der Waals surface area (Å²) in [5.41, 5.74) is 1.94. The van der Waals surface area contributed by atoms with Crippen molar-refractivity contribution in [3.63, 3.8) is 0 Å². The Labute approximate surface area is 114 Å². The van der Waals surface area contributed by atoms with Crippen LogP contribution in [-0.4, -0.2) is 20.6 Å². The number of aromatic carboxylic acids is 1. The van der Waals surface area contributed by atoms with Gasteiger partial charge in [-0.1, -0.05) is 18.2 Å². The number of imidazole rings is 1. The molecule has 0 aliphatic carbocycles. The molecule has 5 heteroatoms. The fourth-order valence-corrected chi connectivity index (χ4v) is 2.27. The minimum atomic E-state index is -1.01. The van der Waals surface area contributed by atoms with Crippen molar-refractivity contribution in [3.8, 4) is 11.4 Å². The third kappa shape index (κ3) is 1.84. The van der Waals surface area contributed by atoms with E-state index in [1.807, 2.05) is 0 Å². The Morgan fingerprint density at radius 1 is 1.25 bits per heavy atom. The second kappa shape index (κ2) is 4.45. The van der Waals surface area contributed by atoms with E-state index in [0.29, 0.717) is 22.4 Å². The average Bonchev–Trinajstić information content (AvgIpc) is 2.76. The molecule has 0 bridgehead atoms. The summed E-state index contributed by atoms with van der Waals surface area (Å²) in [6, 6.07) is 10.9. The minimum absolute atomic E-state index is 0.173. The summed E-state index contributed by atoms with van der Waals surface area (Å²) in [4.78, 5) is 15.7. The lowest BCUT2D eigenvalue weighted by molar-refractivity contribution is 0.0697. The van der Waals surface area contributed by atoms with E-state index in [0.717, 1.165) is 0 Å². The third-order valence-corrected chi connectivity index (χ3v) is 3.24. The number of nitrogens with zero attached hydrogens (tertiary/aromatic N) is 2. The van der Waals surface area contributed by atoms with E-state index < -0.39 is 5.97 Å². The fraction of sp³-hybridized carbons (Fsp3) is 0.0667. The number of aromatic nitrogens is 2. The van der Waals surface area contributed by atoms with Crippen molar-refractivity contribution >= 4 is 17.0 Å². The van der Waals surface area contributed by atoms with Crippen molar-refractivity contribution in [1.29, 1.82) is 0 Å². The molecule has 20 heavy (non-hydrogen) atoms. The lowest BCUT2D eigenvalue weighted by atomic mass is 10.1. The second-order valence-corrected chi connectivity index (χ2v) is 4.48. The summed E-state index contributed by atoms with van der Waals surface area (Å²) in [5, 5.41) is 9.24. The van der Waals surface area contributed by atoms with Crippen LogP contribution in [0, 0.1) is 5.82 Å². The molecule has 0 atom stereocenters. The van der Waals surface area contributed by atoms with Gasteiger partial charge in [-0.15, -0.1) is 0 Å². The van der Waals surface area contributed by atoms with E-state index in [-0.39, 0.29) is 11.4 Å². The predicted octanol–water partition coefficient (Wildman–Crippen LogP) is 3.08. The van der Waals surface area contributed by atoms with Crippen molar-refractivity contribution in [2.24, 2.45) is 7.05 Å². The van der Waals surface area contributed by atoms with Gasteiger partial charge < -0.3 is 9.67 Å². The summed E-state index contributed by atoms with van der Waals surface area (Å²) in [7, 11) is 1.74. The highest BCUT2D eigenvalue weighted by atomic mass is 19.1. The maximum Gasteiger partial charge on any atom is 0.336 e. The Kier molecular flexibility index (Phi) is 2.75. The van der Waals surface area contributed by atoms with E-state index in [4.69, 9.17) is 0 Å². The molecule has 100 valence electrons. The number of hydrogen-bond donors (Lipinski definition) is 1. The molecule has 0 aliphatic rings. The Hall–Kier alpha value is -2.69. The molecular weight excluding hydrogens is 259 g/mol. The van der Waals surface area contributed by atoms with Gasteiger partial charge in [-0.25, -0.2) is 14.2 Å². The van der Waals surface area contributed by atoms with Crippen LogP contribution in [-0.2, 0) is 7.05 Å². The number of carboxylic acids is 1. The minimum Gasteiger partial charge on any atom is -0.478 e. The van der Waals surface area contributed by atoms with Gasteiger partial charge in [0.25, 0.3) is 0 Å². The van der Waals surface area contributed by atoms with Crippen LogP contribution < -0.4 is 0 Å². The smallest absolute Gasteiger partial charge is 0.336 e. The molecule has 1 N–H and O–H groups in total. The second-order valence-electron chi connectivity index (χ2n) is 4.48. The molecule has 1 heterocycles. The highest BCUT2D eigenvalue weighted by molar-refractivity contribution is 5.96. The lowest BCUT2D eigenvalue weighted by Crippen LogP contribution is -2.02. The summed E-state index contributed by atoms with van der Waals surface area (Å²) < 4.78 is 15.0. The Morgan fingerprint density at radius 2 is 2.00 bits per heavy atom. The first-order valence-corrected chi connectivity index (χ1v) is 6.02. The zero-order valence-corrected chi connectivity index (χ0v) is 10.7. The first-order valence-electron chi connectivity index (χ1n) is 6.02. The van der Waals surface area contributed by atoms with Crippen LogP contribution in [0.2, 0.25) is 0 Å². The predicted molar refractivity (Wildman–Crippen MR) is 73.1 cm³/mol. The number of aryl methyl sites for hydroxylation is 1. The van der Waals surface area contributed by atoms with Crippen LogP contribution in [0.25, 0.3) is 22.4 Å². The van der Waals surface area contributed by atoms with Crippen LogP contribution in [0.3, 0.4) is 0 Å². The number of hydrogen-bond acceptors (Lipinski definition) is 2. The zero-order valence-electron chi connectivity index (χ0n) is 10.7. The van der Waals surface area contributed by atoms with Gasteiger partial charge in [0.05, 0.1) is 16.6 Å². The molecule has 0 aliphatic heterocycles. The van der Waals surface area contributed by atoms with E-state index in [2.05, 4.69) is 4.98 Å². The largest absolute Gasteiger partial charge is 0.478 e. The molecule has 1 aromatic heterocycles. The summed E-state index contributed by atoms with van der Waals surface area (Å²) in [6.07, 6.45) is 0. The van der Waals surface area contributed by atoms with Gasteiger partial charge in [-0.2, -0.15) is 0 Å². The molecular formula is C15H11FN2O2. The van der Waals surface area contributed by atoms with Crippen molar-refractivity contribution in [2.45, 2.75) is 0 Å². The Balaban J connectivity index is 2.30. The van der Waals surface area contributed by atoms with Crippen LogP contribution in [0.15, 0.2) is 42.5 Å². The number of rotatable bonds is 2. The number of carbonyl (C=O) groups is 1. The highest BCUT2D eigenvalue weighted by Crippen LogP contribution is 2.26. The van der Waals surface area contributed by atoms with Gasteiger partial charge in [0.1, 0.15) is 11.6 Å². The lowest BCUT2D eigenvalue weighted by Gasteiger charge is -2.06. The van der Waals surface area contributed by atoms with Gasteiger partial charge in [0.2, 0.25) is 0 Å². The normalized spacial score (nSPS) is 10.9. The van der Waals surface area contributed by atoms with Gasteiger partial charge >= 0.3 is 5.97 Å². The summed E-state index contributed by atoms with van der Waals surface area (Å²) in [5.74, 6) is -0.860. The third-order valence-electron chi connectivity index (χ3n) is 3.24. The molecule has 4 nitrogen and oxygen atoms in total. The van der Waals surface area contributed by atoms with E-state index in [1.165, 1.54) is 18.2 Å². The molecule has 0 unspecified atom stereocenters. The number of fused-ring (bicyclic) bond motifs is 1. The van der Waals surface area contributed by atoms with Crippen molar-refractivity contribution in [1.82, 2.24) is 9.55 Å². The van der Waals surface area contributed by atoms with E-state index >= 15 is 0 Å². The standard InChI is InChI=1S/C15H11FN2O2/c1-18-13-8-9(16)6-7-12(13)17-14(18)10-4-2-3-5-11(10)15(19)20/h2-8H,1H3,(H,19,20). The maximum atomic E-state index is 13.3. The topological polar surface area (TPSA) is 55.1 Å². The molecule has 0 fully saturated rings. The van der Waals surface area contributed by atoms with E-state index in [9.17, 15) is 14.3 Å².